The first-order valence-corrected chi connectivity index (χ1v) is 8.77. The van der Waals surface area contributed by atoms with Gasteiger partial charge in [-0.3, -0.25) is 10.2 Å². The topological polar surface area (TPSA) is 90.6 Å². The van der Waals surface area contributed by atoms with Gasteiger partial charge in [-0.1, -0.05) is 25.9 Å². The monoisotopic (exact) mass is 338 g/mol. The minimum atomic E-state index is -0.266. The smallest absolute Gasteiger partial charge is 0.320 e. The number of carbonyl (C=O) groups is 1. The zero-order chi connectivity index (χ0) is 17.6. The van der Waals surface area contributed by atoms with Crippen LogP contribution in [0.15, 0.2) is 10.6 Å². The van der Waals surface area contributed by atoms with E-state index < -0.39 is 0 Å². The number of nitrogens with one attached hydrogen (secondary N) is 2. The maximum atomic E-state index is 11.8. The second-order valence-electron chi connectivity index (χ2n) is 7.43. The van der Waals surface area contributed by atoms with Crippen molar-refractivity contribution in [2.45, 2.75) is 57.9 Å². The van der Waals surface area contributed by atoms with Crippen LogP contribution in [0.25, 0.3) is 0 Å². The molecular weight excluding hydrogens is 308 g/mol. The van der Waals surface area contributed by atoms with Crippen molar-refractivity contribution in [2.75, 3.05) is 31.6 Å². The summed E-state index contributed by atoms with van der Waals surface area (Å²) in [7, 11) is 0. The highest BCUT2D eigenvalue weighted by Gasteiger charge is 2.22. The lowest BCUT2D eigenvalue weighted by Crippen LogP contribution is -2.34. The first-order valence-electron chi connectivity index (χ1n) is 8.77. The van der Waals surface area contributed by atoms with Gasteiger partial charge >= 0.3 is 6.03 Å². The SMILES string of the molecule is CC(C)(C)c1cc(NC(=O)NCCCCN2CCCC2CO)no1. The highest BCUT2D eigenvalue weighted by molar-refractivity contribution is 5.88. The van der Waals surface area contributed by atoms with Crippen LogP contribution in [0.1, 0.15) is 52.2 Å². The summed E-state index contributed by atoms with van der Waals surface area (Å²) < 4.78 is 5.23. The van der Waals surface area contributed by atoms with Crippen LogP contribution in [0.3, 0.4) is 0 Å². The van der Waals surface area contributed by atoms with Crippen molar-refractivity contribution >= 4 is 11.8 Å². The van der Waals surface area contributed by atoms with Crippen molar-refractivity contribution in [3.63, 3.8) is 0 Å². The van der Waals surface area contributed by atoms with E-state index in [1.165, 1.54) is 6.42 Å². The Labute approximate surface area is 143 Å². The van der Waals surface area contributed by atoms with Gasteiger partial charge in [0.15, 0.2) is 5.82 Å². The van der Waals surface area contributed by atoms with Gasteiger partial charge in [-0.25, -0.2) is 4.79 Å². The predicted molar refractivity (Wildman–Crippen MR) is 93.1 cm³/mol. The number of aromatic nitrogens is 1. The maximum Gasteiger partial charge on any atom is 0.320 e. The van der Waals surface area contributed by atoms with E-state index in [2.05, 4.69) is 20.7 Å². The van der Waals surface area contributed by atoms with E-state index in [-0.39, 0.29) is 18.1 Å². The fourth-order valence-corrected chi connectivity index (χ4v) is 2.89. The van der Waals surface area contributed by atoms with Crippen LogP contribution >= 0.6 is 0 Å². The lowest BCUT2D eigenvalue weighted by Gasteiger charge is -2.22. The molecule has 2 heterocycles. The first-order chi connectivity index (χ1) is 11.4. The third kappa shape index (κ3) is 5.49. The standard InChI is InChI=1S/C17H30N4O3/c1-17(2,3)14-11-15(20-24-14)19-16(23)18-8-4-5-9-21-10-6-7-13(21)12-22/h11,13,22H,4-10,12H2,1-3H3,(H2,18,19,20,23). The van der Waals surface area contributed by atoms with Crippen molar-refractivity contribution < 1.29 is 14.4 Å². The minimum Gasteiger partial charge on any atom is -0.395 e. The molecule has 1 aliphatic heterocycles. The number of unbranched alkanes of at least 4 members (excludes halogenated alkanes) is 1. The Balaban J connectivity index is 1.61. The molecule has 0 bridgehead atoms. The Morgan fingerprint density at radius 3 is 2.92 bits per heavy atom. The molecule has 3 N–H and O–H groups in total. The Morgan fingerprint density at radius 2 is 2.25 bits per heavy atom. The van der Waals surface area contributed by atoms with E-state index in [1.54, 1.807) is 6.07 Å². The van der Waals surface area contributed by atoms with Crippen LogP contribution in [-0.4, -0.2) is 53.5 Å². The molecular formula is C17H30N4O3. The molecule has 7 nitrogen and oxygen atoms in total. The van der Waals surface area contributed by atoms with E-state index in [9.17, 15) is 9.90 Å². The fraction of sp³-hybridized carbons (Fsp3) is 0.765. The Morgan fingerprint density at radius 1 is 1.46 bits per heavy atom. The number of urea groups is 1. The van der Waals surface area contributed by atoms with E-state index in [1.807, 2.05) is 20.8 Å². The quantitative estimate of drug-likeness (QED) is 0.664. The Bertz CT molecular complexity index is 524. The molecule has 1 saturated heterocycles. The molecule has 1 aromatic heterocycles. The molecule has 0 saturated carbocycles. The molecule has 0 aromatic carbocycles. The molecule has 1 aliphatic rings. The zero-order valence-electron chi connectivity index (χ0n) is 15.0. The van der Waals surface area contributed by atoms with Crippen LogP contribution in [-0.2, 0) is 5.41 Å². The molecule has 1 atom stereocenters. The van der Waals surface area contributed by atoms with Crippen LogP contribution in [0, 0.1) is 0 Å². The second kappa shape index (κ2) is 8.48. The number of likely N-dealkylation sites (tertiary alicyclic amines) is 1. The van der Waals surface area contributed by atoms with Crippen molar-refractivity contribution in [2.24, 2.45) is 0 Å². The van der Waals surface area contributed by atoms with E-state index >= 15 is 0 Å². The number of aliphatic hydroxyl groups excluding tert-OH is 1. The Hall–Kier alpha value is -1.60. The summed E-state index contributed by atoms with van der Waals surface area (Å²) in [6, 6.07) is 1.81. The molecule has 1 unspecified atom stereocenters. The van der Waals surface area contributed by atoms with Crippen LogP contribution < -0.4 is 10.6 Å². The lowest BCUT2D eigenvalue weighted by atomic mass is 9.93. The molecule has 0 spiro atoms. The summed E-state index contributed by atoms with van der Waals surface area (Å²) in [5.74, 6) is 1.17. The largest absolute Gasteiger partial charge is 0.395 e. The lowest BCUT2D eigenvalue weighted by molar-refractivity contribution is 0.157. The fourth-order valence-electron chi connectivity index (χ4n) is 2.89. The minimum absolute atomic E-state index is 0.134. The number of aliphatic hydroxyl groups is 1. The van der Waals surface area contributed by atoms with Gasteiger partial charge in [0.05, 0.1) is 6.61 Å². The van der Waals surface area contributed by atoms with Gasteiger partial charge in [-0.05, 0) is 38.8 Å². The van der Waals surface area contributed by atoms with E-state index in [0.29, 0.717) is 18.4 Å². The van der Waals surface area contributed by atoms with Crippen LogP contribution in [0.2, 0.25) is 0 Å². The second-order valence-corrected chi connectivity index (χ2v) is 7.43. The number of nitrogens with zero attached hydrogens (tertiary/aromatic N) is 2. The molecule has 24 heavy (non-hydrogen) atoms. The summed E-state index contributed by atoms with van der Waals surface area (Å²) in [5, 5.41) is 18.7. The average molecular weight is 338 g/mol. The number of rotatable bonds is 7. The number of hydrogen-bond acceptors (Lipinski definition) is 5. The molecule has 0 radical (unpaired) electrons. The summed E-state index contributed by atoms with van der Waals surface area (Å²) in [5.41, 5.74) is -0.134. The van der Waals surface area contributed by atoms with E-state index in [0.717, 1.165) is 38.1 Å². The molecule has 2 rings (SSSR count). The summed E-state index contributed by atoms with van der Waals surface area (Å²) in [6.45, 7) is 8.99. The van der Waals surface area contributed by atoms with Crippen molar-refractivity contribution in [1.82, 2.24) is 15.4 Å². The molecule has 136 valence electrons. The predicted octanol–water partition coefficient (Wildman–Crippen LogP) is 2.33. The normalized spacial score (nSPS) is 18.8. The number of amides is 2. The highest BCUT2D eigenvalue weighted by Crippen LogP contribution is 2.24. The van der Waals surface area contributed by atoms with Gasteiger partial charge in [0.2, 0.25) is 0 Å². The zero-order valence-corrected chi connectivity index (χ0v) is 15.0. The highest BCUT2D eigenvalue weighted by atomic mass is 16.5. The first kappa shape index (κ1) is 18.7. The molecule has 2 amide bonds. The summed E-state index contributed by atoms with van der Waals surface area (Å²) >= 11 is 0. The maximum absolute atomic E-state index is 11.8. The molecule has 7 heteroatoms. The van der Waals surface area contributed by atoms with Gasteiger partial charge in [0.25, 0.3) is 0 Å². The van der Waals surface area contributed by atoms with Gasteiger partial charge in [0.1, 0.15) is 5.76 Å². The summed E-state index contributed by atoms with van der Waals surface area (Å²) in [6.07, 6.45) is 4.18. The van der Waals surface area contributed by atoms with Crippen molar-refractivity contribution in [3.8, 4) is 0 Å². The number of hydrogen-bond donors (Lipinski definition) is 3. The molecule has 1 aromatic rings. The van der Waals surface area contributed by atoms with Gasteiger partial charge in [-0.2, -0.15) is 0 Å². The third-order valence-corrected chi connectivity index (χ3v) is 4.36. The van der Waals surface area contributed by atoms with Gasteiger partial charge in [0, 0.05) is 24.1 Å². The summed E-state index contributed by atoms with van der Waals surface area (Å²) in [4.78, 5) is 14.2. The third-order valence-electron chi connectivity index (χ3n) is 4.36. The number of anilines is 1. The Kier molecular flexibility index (Phi) is 6.62. The average Bonchev–Trinajstić information content (AvgIpc) is 3.15. The van der Waals surface area contributed by atoms with Crippen LogP contribution in [0.5, 0.6) is 0 Å². The van der Waals surface area contributed by atoms with Crippen LogP contribution in [0.4, 0.5) is 10.6 Å². The van der Waals surface area contributed by atoms with Gasteiger partial charge < -0.3 is 14.9 Å². The molecule has 1 fully saturated rings. The van der Waals surface area contributed by atoms with Crippen molar-refractivity contribution in [1.29, 1.82) is 0 Å². The van der Waals surface area contributed by atoms with Crippen molar-refractivity contribution in [3.05, 3.63) is 11.8 Å². The number of carbonyl (C=O) groups excluding carboxylic acids is 1. The molecule has 0 aliphatic carbocycles. The van der Waals surface area contributed by atoms with Gasteiger partial charge in [-0.15, -0.1) is 0 Å². The van der Waals surface area contributed by atoms with E-state index in [4.69, 9.17) is 4.52 Å².